The van der Waals surface area contributed by atoms with Crippen LogP contribution < -0.4 is 4.90 Å². The van der Waals surface area contributed by atoms with Crippen LogP contribution in [0.1, 0.15) is 48.3 Å². The van der Waals surface area contributed by atoms with Crippen molar-refractivity contribution in [2.45, 2.75) is 38.8 Å². The van der Waals surface area contributed by atoms with E-state index in [1.807, 2.05) is 38.1 Å². The summed E-state index contributed by atoms with van der Waals surface area (Å²) in [5.74, 6) is 0.108. The van der Waals surface area contributed by atoms with E-state index in [4.69, 9.17) is 0 Å². The van der Waals surface area contributed by atoms with Crippen LogP contribution in [-0.4, -0.2) is 46.0 Å². The second kappa shape index (κ2) is 8.35. The Labute approximate surface area is 160 Å². The van der Waals surface area contributed by atoms with Gasteiger partial charge in [0.2, 0.25) is 6.41 Å². The van der Waals surface area contributed by atoms with Crippen LogP contribution in [-0.2, 0) is 24.0 Å². The summed E-state index contributed by atoms with van der Waals surface area (Å²) >= 11 is 0. The van der Waals surface area contributed by atoms with Gasteiger partial charge in [-0.25, -0.2) is 4.98 Å². The van der Waals surface area contributed by atoms with E-state index in [-0.39, 0.29) is 5.91 Å². The van der Waals surface area contributed by atoms with Gasteiger partial charge in [-0.15, -0.1) is 0 Å². The van der Waals surface area contributed by atoms with Gasteiger partial charge in [-0.05, 0) is 24.0 Å². The van der Waals surface area contributed by atoms with Crippen LogP contribution in [0.2, 0.25) is 0 Å². The number of aryl methyl sites for hydroxylation is 1. The summed E-state index contributed by atoms with van der Waals surface area (Å²) in [7, 11) is 5.00. The van der Waals surface area contributed by atoms with Gasteiger partial charge in [-0.3, -0.25) is 9.59 Å². The number of aliphatic hydroxyl groups is 1. The maximum Gasteiger partial charge on any atom is 0.274 e. The molecule has 0 saturated heterocycles. The molecule has 1 N–H and O–H groups in total. The van der Waals surface area contributed by atoms with Gasteiger partial charge in [0.05, 0.1) is 11.9 Å². The largest absolute Gasteiger partial charge is 0.385 e. The second-order valence-corrected chi connectivity index (χ2v) is 6.84. The molecule has 27 heavy (non-hydrogen) atoms. The highest BCUT2D eigenvalue weighted by Crippen LogP contribution is 2.28. The van der Waals surface area contributed by atoms with Gasteiger partial charge in [-0.1, -0.05) is 38.1 Å². The van der Waals surface area contributed by atoms with E-state index in [2.05, 4.69) is 4.98 Å². The van der Waals surface area contributed by atoms with E-state index in [1.165, 1.54) is 11.2 Å². The minimum absolute atomic E-state index is 0.221. The van der Waals surface area contributed by atoms with Crippen molar-refractivity contribution in [3.05, 3.63) is 47.4 Å². The summed E-state index contributed by atoms with van der Waals surface area (Å²) in [5, 5.41) is 10.6. The molecule has 0 saturated carbocycles. The lowest BCUT2D eigenvalue weighted by molar-refractivity contribution is -0.107. The monoisotopic (exact) mass is 372 g/mol. The third-order valence-electron chi connectivity index (χ3n) is 5.04. The zero-order valence-corrected chi connectivity index (χ0v) is 16.6. The molecule has 0 aliphatic rings. The van der Waals surface area contributed by atoms with E-state index >= 15 is 0 Å². The van der Waals surface area contributed by atoms with E-state index in [1.54, 1.807) is 30.6 Å². The fourth-order valence-electron chi connectivity index (χ4n) is 3.08. The zero-order valence-electron chi connectivity index (χ0n) is 16.6. The molecular weight excluding hydrogens is 344 g/mol. The molecule has 2 amide bonds. The average molecular weight is 372 g/mol. The first-order valence-electron chi connectivity index (χ1n) is 9.04. The lowest BCUT2D eigenvalue weighted by Gasteiger charge is -2.26. The Kier molecular flexibility index (Phi) is 6.38. The molecule has 0 radical (unpaired) electrons. The number of amides is 2. The lowest BCUT2D eigenvalue weighted by Crippen LogP contribution is -2.30. The highest BCUT2D eigenvalue weighted by Gasteiger charge is 2.25. The highest BCUT2D eigenvalue weighted by atomic mass is 16.3. The number of anilines is 1. The van der Waals surface area contributed by atoms with Crippen LogP contribution in [0.15, 0.2) is 30.6 Å². The number of rotatable bonds is 8. The predicted molar refractivity (Wildman–Crippen MR) is 104 cm³/mol. The first kappa shape index (κ1) is 20.6. The van der Waals surface area contributed by atoms with Crippen molar-refractivity contribution in [2.75, 3.05) is 19.0 Å². The first-order valence-corrected chi connectivity index (χ1v) is 9.04. The molecule has 0 unspecified atom stereocenters. The van der Waals surface area contributed by atoms with Crippen molar-refractivity contribution in [2.24, 2.45) is 7.05 Å². The number of aromatic nitrogens is 2. The van der Waals surface area contributed by atoms with Crippen molar-refractivity contribution < 1.29 is 14.7 Å². The molecule has 1 aromatic carbocycles. The Hall–Kier alpha value is -2.67. The third-order valence-corrected chi connectivity index (χ3v) is 5.04. The number of hydrogen-bond acceptors (Lipinski definition) is 4. The molecular formula is C20H28N4O3. The smallest absolute Gasteiger partial charge is 0.274 e. The molecule has 0 aliphatic carbocycles. The maximum atomic E-state index is 12.9. The van der Waals surface area contributed by atoms with Crippen LogP contribution in [0.25, 0.3) is 0 Å². The van der Waals surface area contributed by atoms with Gasteiger partial charge in [0.15, 0.2) is 11.5 Å². The summed E-state index contributed by atoms with van der Waals surface area (Å²) in [4.78, 5) is 30.9. The van der Waals surface area contributed by atoms with Gasteiger partial charge < -0.3 is 19.5 Å². The van der Waals surface area contributed by atoms with Crippen LogP contribution in [0.4, 0.5) is 5.82 Å². The quantitative estimate of drug-likeness (QED) is 0.721. The number of benzene rings is 1. The lowest BCUT2D eigenvalue weighted by atomic mass is 9.88. The van der Waals surface area contributed by atoms with Crippen molar-refractivity contribution in [3.8, 4) is 0 Å². The van der Waals surface area contributed by atoms with Crippen LogP contribution >= 0.6 is 0 Å². The van der Waals surface area contributed by atoms with E-state index in [9.17, 15) is 14.7 Å². The molecule has 0 aliphatic heterocycles. The topological polar surface area (TPSA) is 78.7 Å². The molecule has 1 heterocycles. The van der Waals surface area contributed by atoms with Crippen molar-refractivity contribution in [1.29, 1.82) is 0 Å². The third kappa shape index (κ3) is 4.19. The molecule has 2 rings (SSSR count). The molecule has 7 heteroatoms. The normalized spacial score (nSPS) is 11.3. The van der Waals surface area contributed by atoms with Gasteiger partial charge in [0, 0.05) is 27.7 Å². The molecule has 7 nitrogen and oxygen atoms in total. The Balaban J connectivity index is 2.18. The maximum absolute atomic E-state index is 12.9. The van der Waals surface area contributed by atoms with E-state index < -0.39 is 5.60 Å². The molecule has 1 aromatic heterocycles. The Bertz CT molecular complexity index is 794. The molecule has 0 atom stereocenters. The summed E-state index contributed by atoms with van der Waals surface area (Å²) in [6.45, 7) is 4.34. The SMILES string of the molecule is CCC(O)(CC)c1ccc(CN(C)C(=O)c2c(N(C)C=O)ncn2C)cc1. The summed E-state index contributed by atoms with van der Waals surface area (Å²) in [6.07, 6.45) is 3.44. The van der Waals surface area contributed by atoms with Crippen LogP contribution in [0.5, 0.6) is 0 Å². The molecule has 0 fully saturated rings. The van der Waals surface area contributed by atoms with Crippen molar-refractivity contribution in [3.63, 3.8) is 0 Å². The second-order valence-electron chi connectivity index (χ2n) is 6.84. The zero-order chi connectivity index (χ0) is 20.2. The van der Waals surface area contributed by atoms with E-state index in [0.717, 1.165) is 11.1 Å². The predicted octanol–water partition coefficient (Wildman–Crippen LogP) is 2.29. The van der Waals surface area contributed by atoms with Gasteiger partial charge in [0.25, 0.3) is 5.91 Å². The molecule has 0 spiro atoms. The minimum atomic E-state index is -0.816. The summed E-state index contributed by atoms with van der Waals surface area (Å²) in [5.41, 5.74) is 1.38. The Morgan fingerprint density at radius 3 is 2.33 bits per heavy atom. The fraction of sp³-hybridized carbons (Fsp3) is 0.450. The van der Waals surface area contributed by atoms with E-state index in [0.29, 0.717) is 37.3 Å². The highest BCUT2D eigenvalue weighted by molar-refractivity contribution is 5.99. The number of imidazole rings is 1. The number of nitrogens with zero attached hydrogens (tertiary/aromatic N) is 4. The first-order chi connectivity index (χ1) is 12.8. The molecule has 2 aromatic rings. The number of carbonyl (C=O) groups is 2. The number of carbonyl (C=O) groups excluding carboxylic acids is 2. The van der Waals surface area contributed by atoms with Crippen LogP contribution in [0.3, 0.4) is 0 Å². The molecule has 0 bridgehead atoms. The van der Waals surface area contributed by atoms with Crippen molar-refractivity contribution >= 4 is 18.1 Å². The Morgan fingerprint density at radius 1 is 1.22 bits per heavy atom. The van der Waals surface area contributed by atoms with Gasteiger partial charge in [0.1, 0.15) is 0 Å². The molecule has 146 valence electrons. The minimum Gasteiger partial charge on any atom is -0.385 e. The average Bonchev–Trinajstić information content (AvgIpc) is 3.07. The Morgan fingerprint density at radius 2 is 1.81 bits per heavy atom. The van der Waals surface area contributed by atoms with Crippen LogP contribution in [0, 0.1) is 0 Å². The number of hydrogen-bond donors (Lipinski definition) is 1. The summed E-state index contributed by atoms with van der Waals surface area (Å²) < 4.78 is 1.61. The van der Waals surface area contributed by atoms with Crippen molar-refractivity contribution in [1.82, 2.24) is 14.5 Å². The summed E-state index contributed by atoms with van der Waals surface area (Å²) in [6, 6.07) is 7.68. The van der Waals surface area contributed by atoms with Gasteiger partial charge >= 0.3 is 0 Å². The van der Waals surface area contributed by atoms with Gasteiger partial charge in [-0.2, -0.15) is 0 Å². The fourth-order valence-corrected chi connectivity index (χ4v) is 3.08. The standard InChI is InChI=1S/C20H28N4O3/c1-6-20(27,7-2)16-10-8-15(9-11-16)12-22(3)19(26)17-18(24(5)14-25)21-13-23(17)4/h8-11,13-14,27H,6-7,12H2,1-5H3.